The van der Waals surface area contributed by atoms with Crippen LogP contribution in [0, 0.1) is 13.8 Å². The van der Waals surface area contributed by atoms with Gasteiger partial charge in [-0.15, -0.1) is 11.3 Å². The summed E-state index contributed by atoms with van der Waals surface area (Å²) in [7, 11) is 0. The first kappa shape index (κ1) is 54.4. The molecule has 83 heavy (non-hydrogen) atoms. The van der Waals surface area contributed by atoms with Crippen LogP contribution in [-0.4, -0.2) is 6.71 Å². The smallest absolute Gasteiger partial charge is 0.252 e. The molecule has 2 aliphatic heterocycles. The van der Waals surface area contributed by atoms with Crippen molar-refractivity contribution in [1.29, 1.82) is 0 Å². The second-order valence-electron chi connectivity index (χ2n) is 31.0. The van der Waals surface area contributed by atoms with Crippen LogP contribution < -0.4 is 31.1 Å². The highest BCUT2D eigenvalue weighted by Gasteiger charge is 2.50. The standard InChI is InChI=1S/C78H86BN3S/c1-47-24-18-21-27-61(47)81(62-28-22-19-25-48(62)2)50-41-66-70-67(42-50)82(63-33-31-52-51-26-20-23-29-68(51)83-71(52)69(63)72(3,4)5)65-46-58-56(76(12,13)37-39-78(58,16)17)44-60(65)79(70)59-43-55-57(77(14,15)38-36-75(55,10)11)45-64(59)80(66)49-30-32-53-54(40-49)74(8,9)35-34-73(53,6)7/h18-33,40-46H,34-39H2,1-17H3. The van der Waals surface area contributed by atoms with Gasteiger partial charge in [0, 0.05) is 60.0 Å². The van der Waals surface area contributed by atoms with E-state index in [0.717, 1.165) is 37.8 Å². The Morgan fingerprint density at radius 1 is 0.422 bits per heavy atom. The van der Waals surface area contributed by atoms with Crippen molar-refractivity contribution >= 4 is 106 Å². The molecule has 14 rings (SSSR count). The number of para-hydroxylation sites is 2. The van der Waals surface area contributed by atoms with Crippen LogP contribution in [0.1, 0.15) is 192 Å². The average Bonchev–Trinajstić information content (AvgIpc) is 0.991. The van der Waals surface area contributed by atoms with Gasteiger partial charge < -0.3 is 14.7 Å². The first-order valence-corrected chi connectivity index (χ1v) is 32.1. The van der Waals surface area contributed by atoms with Gasteiger partial charge in [-0.3, -0.25) is 0 Å². The summed E-state index contributed by atoms with van der Waals surface area (Å²) in [5.74, 6) is 0. The van der Waals surface area contributed by atoms with Crippen molar-refractivity contribution in [3.05, 3.63) is 190 Å². The third kappa shape index (κ3) is 8.15. The van der Waals surface area contributed by atoms with E-state index in [1.807, 2.05) is 11.3 Å². The van der Waals surface area contributed by atoms with Crippen LogP contribution >= 0.6 is 11.3 Å². The molecule has 3 nitrogen and oxygen atoms in total. The van der Waals surface area contributed by atoms with Gasteiger partial charge in [-0.2, -0.15) is 0 Å². The van der Waals surface area contributed by atoms with E-state index in [0.29, 0.717) is 0 Å². The zero-order valence-corrected chi connectivity index (χ0v) is 53.7. The second-order valence-corrected chi connectivity index (χ2v) is 32.1. The molecule has 0 N–H and O–H groups in total. The molecular formula is C78H86BN3S. The zero-order chi connectivity index (χ0) is 58.5. The number of rotatable bonds is 5. The lowest BCUT2D eigenvalue weighted by atomic mass is 9.32. The Balaban J connectivity index is 1.20. The van der Waals surface area contributed by atoms with Crippen LogP contribution in [0.3, 0.4) is 0 Å². The molecule has 0 atom stereocenters. The van der Waals surface area contributed by atoms with E-state index in [-0.39, 0.29) is 44.6 Å². The maximum absolute atomic E-state index is 2.80. The van der Waals surface area contributed by atoms with Crippen LogP contribution in [0.4, 0.5) is 51.2 Å². The van der Waals surface area contributed by atoms with Gasteiger partial charge >= 0.3 is 0 Å². The van der Waals surface area contributed by atoms with Crippen LogP contribution in [0.15, 0.2) is 140 Å². The van der Waals surface area contributed by atoms with E-state index in [9.17, 15) is 0 Å². The maximum Gasteiger partial charge on any atom is 0.252 e. The molecule has 3 aliphatic carbocycles. The van der Waals surface area contributed by atoms with E-state index in [2.05, 4.69) is 272 Å². The number of hydrogen-bond acceptors (Lipinski definition) is 4. The third-order valence-corrected chi connectivity index (χ3v) is 22.8. The SMILES string of the molecule is Cc1ccccc1N(c1cc2c3c(c1)N(c1ccc4c(sc5ccccc54)c1C(C)(C)C)c1cc4c(cc1B3c1cc3c(cc1N2c1ccc2c(c1)C(C)(C)CCC2(C)C)C(C)(C)CCC3(C)C)C(C)(C)CCC4(C)C)c1ccccc1C. The molecule has 0 fully saturated rings. The largest absolute Gasteiger partial charge is 0.311 e. The molecule has 3 heterocycles. The van der Waals surface area contributed by atoms with Gasteiger partial charge in [-0.1, -0.05) is 183 Å². The summed E-state index contributed by atoms with van der Waals surface area (Å²) in [5.41, 5.74) is 28.2. The fourth-order valence-electron chi connectivity index (χ4n) is 16.2. The van der Waals surface area contributed by atoms with Crippen LogP contribution in [0.5, 0.6) is 0 Å². The van der Waals surface area contributed by atoms with Crippen molar-refractivity contribution in [3.63, 3.8) is 0 Å². The van der Waals surface area contributed by atoms with E-state index in [1.54, 1.807) is 0 Å². The lowest BCUT2D eigenvalue weighted by Crippen LogP contribution is -2.62. The molecule has 0 unspecified atom stereocenters. The number of nitrogens with zero attached hydrogens (tertiary/aromatic N) is 3. The third-order valence-electron chi connectivity index (χ3n) is 21.6. The van der Waals surface area contributed by atoms with Crippen molar-refractivity contribution in [1.82, 2.24) is 0 Å². The Morgan fingerprint density at radius 3 is 1.39 bits per heavy atom. The Hall–Kier alpha value is -6.56. The quantitative estimate of drug-likeness (QED) is 0.159. The van der Waals surface area contributed by atoms with Crippen LogP contribution in [-0.2, 0) is 37.9 Å². The average molecular weight is 1110 g/mol. The molecular weight excluding hydrogens is 1020 g/mol. The van der Waals surface area contributed by atoms with Crippen molar-refractivity contribution in [2.45, 2.75) is 194 Å². The van der Waals surface area contributed by atoms with E-state index in [1.165, 1.54) is 139 Å². The first-order valence-electron chi connectivity index (χ1n) is 31.3. The van der Waals surface area contributed by atoms with Gasteiger partial charge in [0.1, 0.15) is 0 Å². The Kier molecular flexibility index (Phi) is 11.8. The number of thiophene rings is 1. The molecule has 8 aromatic carbocycles. The molecule has 0 spiro atoms. The van der Waals surface area contributed by atoms with Crippen molar-refractivity contribution in [2.75, 3.05) is 14.7 Å². The molecule has 0 radical (unpaired) electrons. The van der Waals surface area contributed by atoms with Gasteiger partial charge in [0.05, 0.1) is 11.4 Å². The number of benzene rings is 8. The van der Waals surface area contributed by atoms with Gasteiger partial charge in [0.25, 0.3) is 6.71 Å². The first-order chi connectivity index (χ1) is 39.1. The fourth-order valence-corrected chi connectivity index (χ4v) is 17.7. The predicted octanol–water partition coefficient (Wildman–Crippen LogP) is 20.6. The van der Waals surface area contributed by atoms with Crippen molar-refractivity contribution < 1.29 is 0 Å². The highest BCUT2D eigenvalue weighted by atomic mass is 32.1. The van der Waals surface area contributed by atoms with Gasteiger partial charge in [0.2, 0.25) is 0 Å². The molecule has 422 valence electrons. The minimum atomic E-state index is -0.214. The minimum Gasteiger partial charge on any atom is -0.311 e. The molecule has 0 amide bonds. The van der Waals surface area contributed by atoms with Crippen molar-refractivity contribution in [2.24, 2.45) is 0 Å². The summed E-state index contributed by atoms with van der Waals surface area (Å²) in [6.45, 7) is 42.0. The predicted molar refractivity (Wildman–Crippen MR) is 362 cm³/mol. The number of anilines is 9. The minimum absolute atomic E-state index is 0.000926. The van der Waals surface area contributed by atoms with E-state index < -0.39 is 0 Å². The van der Waals surface area contributed by atoms with E-state index >= 15 is 0 Å². The zero-order valence-electron chi connectivity index (χ0n) is 52.8. The van der Waals surface area contributed by atoms with Crippen molar-refractivity contribution in [3.8, 4) is 0 Å². The fraction of sp³-hybridized carbons (Fsp3) is 0.385. The second kappa shape index (κ2) is 18.0. The Morgan fingerprint density at radius 2 is 0.867 bits per heavy atom. The van der Waals surface area contributed by atoms with Gasteiger partial charge in [-0.25, -0.2) is 0 Å². The lowest BCUT2D eigenvalue weighted by molar-refractivity contribution is 0.332. The van der Waals surface area contributed by atoms with Gasteiger partial charge in [-0.05, 0) is 217 Å². The molecule has 5 aliphatic rings. The lowest BCUT2D eigenvalue weighted by Gasteiger charge is -2.50. The highest BCUT2D eigenvalue weighted by Crippen LogP contribution is 2.57. The van der Waals surface area contributed by atoms with Crippen LogP contribution in [0.25, 0.3) is 20.2 Å². The highest BCUT2D eigenvalue weighted by molar-refractivity contribution is 7.26. The summed E-state index contributed by atoms with van der Waals surface area (Å²) in [4.78, 5) is 8.16. The molecule has 5 heteroatoms. The molecule has 9 aromatic rings. The van der Waals surface area contributed by atoms with Gasteiger partial charge in [0.15, 0.2) is 0 Å². The molecule has 0 saturated carbocycles. The van der Waals surface area contributed by atoms with E-state index in [4.69, 9.17) is 0 Å². The summed E-state index contributed by atoms with van der Waals surface area (Å²) >= 11 is 1.97. The maximum atomic E-state index is 2.80. The molecule has 1 aromatic heterocycles. The Bertz CT molecular complexity index is 4160. The Labute approximate surface area is 501 Å². The monoisotopic (exact) mass is 1110 g/mol. The summed E-state index contributed by atoms with van der Waals surface area (Å²) in [5, 5.41) is 2.68. The summed E-state index contributed by atoms with van der Waals surface area (Å²) < 4.78 is 2.72. The molecule has 0 saturated heterocycles. The molecule has 0 bridgehead atoms. The number of fused-ring (bicyclic) bond motifs is 10. The van der Waals surface area contributed by atoms with Crippen LogP contribution in [0.2, 0.25) is 0 Å². The summed E-state index contributed by atoms with van der Waals surface area (Å²) in [6.07, 6.45) is 6.94. The normalized spacial score (nSPS) is 19.1. The number of hydrogen-bond donors (Lipinski definition) is 0. The topological polar surface area (TPSA) is 9.72 Å². The number of aryl methyl sites for hydroxylation is 2. The summed E-state index contributed by atoms with van der Waals surface area (Å²) in [6, 6.07) is 56.0.